The zero-order valence-electron chi connectivity index (χ0n) is 19.5. The zero-order chi connectivity index (χ0) is 21.0. The summed E-state index contributed by atoms with van der Waals surface area (Å²) in [4.78, 5) is 13.2. The number of rotatable bonds is 5. The van der Waals surface area contributed by atoms with Crippen LogP contribution in [-0.4, -0.2) is 17.0 Å². The maximum Gasteiger partial charge on any atom is 0.159 e. The second-order valence-corrected chi connectivity index (χ2v) is 12.2. The van der Waals surface area contributed by atoms with E-state index in [4.69, 9.17) is 0 Å². The molecule has 2 nitrogen and oxygen atoms in total. The molecule has 8 atom stereocenters. The van der Waals surface area contributed by atoms with Gasteiger partial charge in [-0.1, -0.05) is 59.5 Å². The minimum atomic E-state index is -0.275. The first-order valence-corrected chi connectivity index (χ1v) is 12.6. The molecule has 0 saturated heterocycles. The monoisotopic (exact) mass is 400 g/mol. The van der Waals surface area contributed by atoms with Gasteiger partial charge in [0.2, 0.25) is 0 Å². The van der Waals surface area contributed by atoms with Gasteiger partial charge in [-0.2, -0.15) is 0 Å². The number of carbonyl (C=O) groups excluding carboxylic acids is 1. The minimum absolute atomic E-state index is 0.0523. The molecule has 3 saturated carbocycles. The highest BCUT2D eigenvalue weighted by Crippen LogP contribution is 2.66. The predicted molar refractivity (Wildman–Crippen MR) is 119 cm³/mol. The topological polar surface area (TPSA) is 37.3 Å². The molecule has 2 heteroatoms. The van der Waals surface area contributed by atoms with Crippen LogP contribution in [0.5, 0.6) is 0 Å². The van der Waals surface area contributed by atoms with Gasteiger partial charge in [-0.25, -0.2) is 0 Å². The average Bonchev–Trinajstić information content (AvgIpc) is 3.00. The van der Waals surface area contributed by atoms with Gasteiger partial charge in [0.15, 0.2) is 5.78 Å². The van der Waals surface area contributed by atoms with E-state index in [1.54, 1.807) is 0 Å². The van der Waals surface area contributed by atoms with E-state index >= 15 is 0 Å². The first-order chi connectivity index (χ1) is 13.7. The van der Waals surface area contributed by atoms with Gasteiger partial charge in [0.05, 0.1) is 6.10 Å². The molecule has 0 heterocycles. The lowest BCUT2D eigenvalue weighted by molar-refractivity contribution is -0.132. The molecular formula is C27H44O2. The van der Waals surface area contributed by atoms with Crippen LogP contribution in [0, 0.1) is 46.3 Å². The number of ketones is 1. The molecule has 29 heavy (non-hydrogen) atoms. The van der Waals surface area contributed by atoms with Crippen molar-refractivity contribution in [3.63, 3.8) is 0 Å². The normalized spacial score (nSPS) is 45.4. The number of fused-ring (bicyclic) bond motifs is 5. The van der Waals surface area contributed by atoms with Crippen LogP contribution < -0.4 is 0 Å². The van der Waals surface area contributed by atoms with Crippen molar-refractivity contribution >= 4 is 5.78 Å². The van der Waals surface area contributed by atoms with Crippen LogP contribution in [0.2, 0.25) is 0 Å². The SMILES string of the molecule is CC(C)CCC[C@@H](C)[C@H]1CC[C@@H]2C3=CC(=O)[C@H]4C[C@@H](O)CC[C@]4(C)[C@H]3CC[C@]21C. The molecule has 1 N–H and O–H groups in total. The number of hydrogen-bond acceptors (Lipinski definition) is 2. The average molecular weight is 401 g/mol. The molecule has 164 valence electrons. The van der Waals surface area contributed by atoms with Gasteiger partial charge in [0, 0.05) is 5.92 Å². The summed E-state index contributed by atoms with van der Waals surface area (Å²) in [7, 11) is 0. The van der Waals surface area contributed by atoms with E-state index < -0.39 is 0 Å². The summed E-state index contributed by atoms with van der Waals surface area (Å²) in [5.74, 6) is 4.00. The maximum absolute atomic E-state index is 13.2. The van der Waals surface area contributed by atoms with Crippen LogP contribution in [0.15, 0.2) is 11.6 Å². The van der Waals surface area contributed by atoms with Crippen LogP contribution in [-0.2, 0) is 4.79 Å². The maximum atomic E-state index is 13.2. The fourth-order valence-corrected chi connectivity index (χ4v) is 8.37. The van der Waals surface area contributed by atoms with Crippen molar-refractivity contribution in [2.24, 2.45) is 46.3 Å². The molecule has 0 aromatic heterocycles. The molecular weight excluding hydrogens is 356 g/mol. The standard InChI is InChI=1S/C27H44O2/c1-17(2)7-6-8-18(3)21-9-10-22-20-16-25(29)24-15-19(28)11-13-27(24,5)23(20)12-14-26(21,22)4/h16-19,21-24,28H,6-15H2,1-5H3/t18-,19+,21-,22-,23+,24-,26+,27-/m1/s1. The third-order valence-electron chi connectivity index (χ3n) is 10.1. The number of carbonyl (C=O) groups is 1. The van der Waals surface area contributed by atoms with Gasteiger partial charge >= 0.3 is 0 Å². The third-order valence-corrected chi connectivity index (χ3v) is 10.1. The van der Waals surface area contributed by atoms with Gasteiger partial charge in [-0.05, 0) is 91.4 Å². The van der Waals surface area contributed by atoms with Crippen molar-refractivity contribution in [3.05, 3.63) is 11.6 Å². The molecule has 0 aromatic carbocycles. The molecule has 0 amide bonds. The summed E-state index contributed by atoms with van der Waals surface area (Å²) < 4.78 is 0. The van der Waals surface area contributed by atoms with E-state index in [-0.39, 0.29) is 17.4 Å². The summed E-state index contributed by atoms with van der Waals surface area (Å²) >= 11 is 0. The largest absolute Gasteiger partial charge is 0.393 e. The van der Waals surface area contributed by atoms with Crippen LogP contribution in [0.3, 0.4) is 0 Å². The molecule has 4 rings (SSSR count). The van der Waals surface area contributed by atoms with Gasteiger partial charge in [0.1, 0.15) is 0 Å². The van der Waals surface area contributed by atoms with Crippen molar-refractivity contribution in [1.82, 2.24) is 0 Å². The smallest absolute Gasteiger partial charge is 0.159 e. The molecule has 0 aliphatic heterocycles. The summed E-state index contributed by atoms with van der Waals surface area (Å²) in [6.45, 7) is 12.1. The zero-order valence-corrected chi connectivity index (χ0v) is 19.5. The summed E-state index contributed by atoms with van der Waals surface area (Å²) in [6.07, 6.45) is 13.7. The molecule has 0 unspecified atom stereocenters. The lowest BCUT2D eigenvalue weighted by atomic mass is 9.47. The summed E-state index contributed by atoms with van der Waals surface area (Å²) in [5.41, 5.74) is 2.00. The van der Waals surface area contributed by atoms with Gasteiger partial charge in [-0.15, -0.1) is 0 Å². The van der Waals surface area contributed by atoms with E-state index in [1.807, 2.05) is 0 Å². The number of aliphatic hydroxyl groups is 1. The third kappa shape index (κ3) is 3.56. The van der Waals surface area contributed by atoms with E-state index in [2.05, 4.69) is 40.7 Å². The Balaban J connectivity index is 1.55. The van der Waals surface area contributed by atoms with Crippen molar-refractivity contribution in [2.75, 3.05) is 0 Å². The Kier molecular flexibility index (Phi) is 5.82. The molecule has 3 fully saturated rings. The minimum Gasteiger partial charge on any atom is -0.393 e. The highest BCUT2D eigenvalue weighted by Gasteiger charge is 2.59. The van der Waals surface area contributed by atoms with Crippen LogP contribution in [0.4, 0.5) is 0 Å². The molecule has 0 spiro atoms. The van der Waals surface area contributed by atoms with Crippen molar-refractivity contribution < 1.29 is 9.90 Å². The van der Waals surface area contributed by atoms with E-state index in [0.29, 0.717) is 29.5 Å². The summed E-state index contributed by atoms with van der Waals surface area (Å²) in [6, 6.07) is 0. The second-order valence-electron chi connectivity index (χ2n) is 12.2. The fourth-order valence-electron chi connectivity index (χ4n) is 8.37. The number of hydrogen-bond donors (Lipinski definition) is 1. The van der Waals surface area contributed by atoms with Crippen molar-refractivity contribution in [2.45, 2.75) is 105 Å². The van der Waals surface area contributed by atoms with E-state index in [9.17, 15) is 9.90 Å². The quantitative estimate of drug-likeness (QED) is 0.567. The Morgan fingerprint density at radius 3 is 2.38 bits per heavy atom. The number of allylic oxidation sites excluding steroid dienone is 2. The first-order valence-electron chi connectivity index (χ1n) is 12.6. The van der Waals surface area contributed by atoms with E-state index in [1.165, 1.54) is 50.5 Å². The van der Waals surface area contributed by atoms with Crippen molar-refractivity contribution in [3.8, 4) is 0 Å². The molecule has 0 radical (unpaired) electrons. The lowest BCUT2D eigenvalue weighted by Crippen LogP contribution is -2.52. The highest BCUT2D eigenvalue weighted by atomic mass is 16.3. The van der Waals surface area contributed by atoms with Crippen molar-refractivity contribution in [1.29, 1.82) is 0 Å². The predicted octanol–water partition coefficient (Wildman–Crippen LogP) is 6.57. The van der Waals surface area contributed by atoms with Crippen LogP contribution in [0.1, 0.15) is 98.8 Å². The lowest BCUT2D eigenvalue weighted by Gasteiger charge is -2.57. The molecule has 0 bridgehead atoms. The Bertz CT molecular complexity index is 663. The first kappa shape index (κ1) is 21.6. The van der Waals surface area contributed by atoms with Crippen LogP contribution >= 0.6 is 0 Å². The Labute approximate surface area is 178 Å². The Morgan fingerprint density at radius 2 is 1.66 bits per heavy atom. The second kappa shape index (κ2) is 7.81. The summed E-state index contributed by atoms with van der Waals surface area (Å²) in [5, 5.41) is 10.2. The fraction of sp³-hybridized carbons (Fsp3) is 0.889. The molecule has 0 aromatic rings. The molecule has 4 aliphatic rings. The molecule has 4 aliphatic carbocycles. The Morgan fingerprint density at radius 1 is 0.966 bits per heavy atom. The highest BCUT2D eigenvalue weighted by molar-refractivity contribution is 5.94. The van der Waals surface area contributed by atoms with E-state index in [0.717, 1.165) is 30.6 Å². The van der Waals surface area contributed by atoms with Gasteiger partial charge < -0.3 is 5.11 Å². The number of aliphatic hydroxyl groups excluding tert-OH is 1. The van der Waals surface area contributed by atoms with Gasteiger partial charge in [0.25, 0.3) is 0 Å². The van der Waals surface area contributed by atoms with Crippen LogP contribution in [0.25, 0.3) is 0 Å². The Hall–Kier alpha value is -0.630. The van der Waals surface area contributed by atoms with Gasteiger partial charge in [-0.3, -0.25) is 4.79 Å².